The Morgan fingerprint density at radius 2 is 2.20 bits per heavy atom. The summed E-state index contributed by atoms with van der Waals surface area (Å²) in [4.78, 5) is 10.3. The van der Waals surface area contributed by atoms with Crippen LogP contribution in [0.5, 0.6) is 5.75 Å². The van der Waals surface area contributed by atoms with E-state index in [0.717, 1.165) is 0 Å². The van der Waals surface area contributed by atoms with Crippen LogP contribution in [0, 0.1) is 0 Å². The fourth-order valence-electron chi connectivity index (χ4n) is 1.33. The Labute approximate surface area is 126 Å². The van der Waals surface area contributed by atoms with E-state index in [9.17, 15) is 9.90 Å². The summed E-state index contributed by atoms with van der Waals surface area (Å²) >= 11 is 11.7. The molecule has 1 aromatic carbocycles. The minimum absolute atomic E-state index is 0.0744. The molecule has 0 bridgehead atoms. The van der Waals surface area contributed by atoms with E-state index in [1.54, 1.807) is 18.2 Å². The molecule has 0 saturated heterocycles. The fraction of sp³-hybridized carbons (Fsp3) is 0.417. The molecule has 0 radical (unpaired) electrons. The molecule has 0 aliphatic carbocycles. The minimum Gasteiger partial charge on any atom is -0.489 e. The van der Waals surface area contributed by atoms with Crippen LogP contribution in [-0.2, 0) is 4.74 Å². The molecule has 20 heavy (non-hydrogen) atoms. The van der Waals surface area contributed by atoms with E-state index >= 15 is 0 Å². The SMILES string of the molecule is NC(=O)OCCNCC(O)COc1ccc(Cl)cc1Cl. The van der Waals surface area contributed by atoms with E-state index < -0.39 is 12.2 Å². The maximum Gasteiger partial charge on any atom is 0.404 e. The first-order valence-corrected chi connectivity index (χ1v) is 6.63. The normalized spacial score (nSPS) is 11.9. The van der Waals surface area contributed by atoms with Gasteiger partial charge in [-0.15, -0.1) is 0 Å². The van der Waals surface area contributed by atoms with Gasteiger partial charge in [-0.2, -0.15) is 0 Å². The zero-order valence-electron chi connectivity index (χ0n) is 10.6. The maximum absolute atomic E-state index is 10.3. The first kappa shape index (κ1) is 16.8. The second-order valence-corrected chi connectivity index (χ2v) is 4.75. The van der Waals surface area contributed by atoms with Gasteiger partial charge in [-0.3, -0.25) is 0 Å². The molecule has 0 fully saturated rings. The lowest BCUT2D eigenvalue weighted by molar-refractivity contribution is 0.104. The Kier molecular flexibility index (Phi) is 7.46. The largest absolute Gasteiger partial charge is 0.489 e. The average Bonchev–Trinajstić information content (AvgIpc) is 2.37. The van der Waals surface area contributed by atoms with Gasteiger partial charge in [0, 0.05) is 18.1 Å². The van der Waals surface area contributed by atoms with Gasteiger partial charge in [0.25, 0.3) is 0 Å². The molecule has 0 heterocycles. The van der Waals surface area contributed by atoms with E-state index in [1.165, 1.54) is 0 Å². The number of amides is 1. The lowest BCUT2D eigenvalue weighted by atomic mass is 10.3. The summed E-state index contributed by atoms with van der Waals surface area (Å²) in [6, 6.07) is 4.84. The Balaban J connectivity index is 2.19. The highest BCUT2D eigenvalue weighted by Gasteiger charge is 2.07. The van der Waals surface area contributed by atoms with Crippen LogP contribution in [0.15, 0.2) is 18.2 Å². The van der Waals surface area contributed by atoms with E-state index in [2.05, 4.69) is 10.1 Å². The van der Waals surface area contributed by atoms with E-state index in [-0.39, 0.29) is 19.8 Å². The first-order chi connectivity index (χ1) is 9.49. The molecule has 8 heteroatoms. The quantitative estimate of drug-likeness (QED) is 0.629. The van der Waals surface area contributed by atoms with Crippen molar-refractivity contribution in [2.75, 3.05) is 26.3 Å². The lowest BCUT2D eigenvalue weighted by Crippen LogP contribution is -2.34. The van der Waals surface area contributed by atoms with E-state index in [0.29, 0.717) is 22.3 Å². The zero-order valence-corrected chi connectivity index (χ0v) is 12.2. The van der Waals surface area contributed by atoms with E-state index in [1.807, 2.05) is 0 Å². The van der Waals surface area contributed by atoms with Gasteiger partial charge in [0.05, 0.1) is 5.02 Å². The van der Waals surface area contributed by atoms with Gasteiger partial charge < -0.3 is 25.6 Å². The molecule has 6 nitrogen and oxygen atoms in total. The Bertz CT molecular complexity index is 445. The number of halogens is 2. The number of primary amides is 1. The number of rotatable bonds is 8. The van der Waals surface area contributed by atoms with Crippen molar-refractivity contribution in [1.29, 1.82) is 0 Å². The molecule has 1 amide bonds. The summed E-state index contributed by atoms with van der Waals surface area (Å²) in [7, 11) is 0. The zero-order chi connectivity index (χ0) is 15.0. The Morgan fingerprint density at radius 1 is 1.45 bits per heavy atom. The molecule has 1 unspecified atom stereocenters. The van der Waals surface area contributed by atoms with Crippen LogP contribution in [0.4, 0.5) is 4.79 Å². The number of hydrogen-bond donors (Lipinski definition) is 3. The summed E-state index contributed by atoms with van der Waals surface area (Å²) in [6.45, 7) is 0.895. The van der Waals surface area contributed by atoms with Crippen molar-refractivity contribution in [3.8, 4) is 5.75 Å². The second kappa shape index (κ2) is 8.86. The predicted molar refractivity (Wildman–Crippen MR) is 76.4 cm³/mol. The van der Waals surface area contributed by atoms with Crippen LogP contribution in [-0.4, -0.2) is 43.6 Å². The molecule has 0 aliphatic heterocycles. The lowest BCUT2D eigenvalue weighted by Gasteiger charge is -2.14. The van der Waals surface area contributed by atoms with Gasteiger partial charge in [-0.1, -0.05) is 23.2 Å². The maximum atomic E-state index is 10.3. The van der Waals surface area contributed by atoms with Crippen LogP contribution >= 0.6 is 23.2 Å². The summed E-state index contributed by atoms with van der Waals surface area (Å²) in [5.74, 6) is 0.451. The van der Waals surface area contributed by atoms with Gasteiger partial charge in [0.15, 0.2) is 0 Å². The molecule has 112 valence electrons. The van der Waals surface area contributed by atoms with Crippen molar-refractivity contribution >= 4 is 29.3 Å². The highest BCUT2D eigenvalue weighted by atomic mass is 35.5. The van der Waals surface area contributed by atoms with Crippen LogP contribution in [0.25, 0.3) is 0 Å². The number of hydrogen-bond acceptors (Lipinski definition) is 5. The second-order valence-electron chi connectivity index (χ2n) is 3.91. The predicted octanol–water partition coefficient (Wildman–Crippen LogP) is 1.42. The molecule has 0 aliphatic rings. The van der Waals surface area contributed by atoms with Crippen molar-refractivity contribution in [2.24, 2.45) is 5.73 Å². The topological polar surface area (TPSA) is 93.8 Å². The van der Waals surface area contributed by atoms with Crippen molar-refractivity contribution in [3.63, 3.8) is 0 Å². The van der Waals surface area contributed by atoms with Gasteiger partial charge in [-0.25, -0.2) is 4.79 Å². The number of carbonyl (C=O) groups is 1. The summed E-state index contributed by atoms with van der Waals surface area (Å²) in [5, 5.41) is 13.5. The Morgan fingerprint density at radius 3 is 2.85 bits per heavy atom. The van der Waals surface area contributed by atoms with Crippen molar-refractivity contribution in [1.82, 2.24) is 5.32 Å². The number of aliphatic hydroxyl groups is 1. The molecule has 1 aromatic rings. The van der Waals surface area contributed by atoms with E-state index in [4.69, 9.17) is 33.7 Å². The molecular weight excluding hydrogens is 307 g/mol. The van der Waals surface area contributed by atoms with Crippen LogP contribution in [0.1, 0.15) is 0 Å². The smallest absolute Gasteiger partial charge is 0.404 e. The summed E-state index contributed by atoms with van der Waals surface area (Å²) in [5.41, 5.74) is 4.79. The van der Waals surface area contributed by atoms with Crippen molar-refractivity contribution in [3.05, 3.63) is 28.2 Å². The third kappa shape index (κ3) is 6.81. The monoisotopic (exact) mass is 322 g/mol. The van der Waals surface area contributed by atoms with Gasteiger partial charge >= 0.3 is 6.09 Å². The number of benzene rings is 1. The van der Waals surface area contributed by atoms with Gasteiger partial charge in [0.1, 0.15) is 25.1 Å². The number of nitrogens with one attached hydrogen (secondary N) is 1. The summed E-state index contributed by atoms with van der Waals surface area (Å²) in [6.07, 6.45) is -1.55. The van der Waals surface area contributed by atoms with Gasteiger partial charge in [-0.05, 0) is 18.2 Å². The number of ether oxygens (including phenoxy) is 2. The van der Waals surface area contributed by atoms with Crippen LogP contribution < -0.4 is 15.8 Å². The highest BCUT2D eigenvalue weighted by Crippen LogP contribution is 2.27. The Hall–Kier alpha value is -1.21. The summed E-state index contributed by atoms with van der Waals surface area (Å²) < 4.78 is 9.88. The molecule has 0 spiro atoms. The number of carbonyl (C=O) groups excluding carboxylic acids is 1. The molecule has 1 rings (SSSR count). The fourth-order valence-corrected chi connectivity index (χ4v) is 1.79. The average molecular weight is 323 g/mol. The molecule has 1 atom stereocenters. The number of nitrogens with two attached hydrogens (primary N) is 1. The molecule has 4 N–H and O–H groups in total. The van der Waals surface area contributed by atoms with Crippen molar-refractivity contribution in [2.45, 2.75) is 6.10 Å². The number of aliphatic hydroxyl groups excluding tert-OH is 1. The highest BCUT2D eigenvalue weighted by molar-refractivity contribution is 6.35. The minimum atomic E-state index is -0.826. The van der Waals surface area contributed by atoms with Crippen LogP contribution in [0.3, 0.4) is 0 Å². The standard InChI is InChI=1S/C12H16Cl2N2O4/c13-8-1-2-11(10(14)5-8)20-7-9(17)6-16-3-4-19-12(15)18/h1-2,5,9,16-17H,3-4,6-7H2,(H2,15,18). The third-order valence-corrected chi connectivity index (χ3v) is 2.76. The third-order valence-electron chi connectivity index (χ3n) is 2.23. The van der Waals surface area contributed by atoms with Crippen molar-refractivity contribution < 1.29 is 19.4 Å². The molecule has 0 saturated carbocycles. The first-order valence-electron chi connectivity index (χ1n) is 5.88. The molecular formula is C12H16Cl2N2O4. The molecule has 0 aromatic heterocycles. The van der Waals surface area contributed by atoms with Crippen LogP contribution in [0.2, 0.25) is 10.0 Å². The van der Waals surface area contributed by atoms with Gasteiger partial charge in [0.2, 0.25) is 0 Å².